The molecule has 0 aliphatic rings. The molecule has 0 aliphatic carbocycles. The molecular formula is C15H16N2O5S. The van der Waals surface area contributed by atoms with E-state index in [1.165, 1.54) is 25.1 Å². The van der Waals surface area contributed by atoms with Gasteiger partial charge >= 0.3 is 5.63 Å². The van der Waals surface area contributed by atoms with Gasteiger partial charge in [-0.15, -0.1) is 4.83 Å². The van der Waals surface area contributed by atoms with Crippen LogP contribution in [-0.4, -0.2) is 13.5 Å². The molecule has 1 heterocycles. The van der Waals surface area contributed by atoms with Gasteiger partial charge in [0.25, 0.3) is 10.0 Å². The largest absolute Gasteiger partial charge is 0.507 e. The van der Waals surface area contributed by atoms with Gasteiger partial charge < -0.3 is 14.9 Å². The van der Waals surface area contributed by atoms with Crippen molar-refractivity contribution < 1.29 is 17.9 Å². The average molecular weight is 336 g/mol. The fourth-order valence-electron chi connectivity index (χ4n) is 1.84. The number of nitrogens with one attached hydrogen (secondary N) is 2. The summed E-state index contributed by atoms with van der Waals surface area (Å²) in [5.41, 5.74) is 2.02. The summed E-state index contributed by atoms with van der Waals surface area (Å²) >= 11 is 0. The van der Waals surface area contributed by atoms with Crippen LogP contribution in [0.4, 0.5) is 0 Å². The zero-order valence-electron chi connectivity index (χ0n) is 12.6. The molecule has 0 spiro atoms. The van der Waals surface area contributed by atoms with Crippen LogP contribution in [0.1, 0.15) is 16.9 Å². The monoisotopic (exact) mass is 336 g/mol. The Morgan fingerprint density at radius 1 is 1.22 bits per heavy atom. The quantitative estimate of drug-likeness (QED) is 0.713. The maximum absolute atomic E-state index is 12.1. The van der Waals surface area contributed by atoms with Crippen molar-refractivity contribution in [1.82, 2.24) is 10.3 Å². The van der Waals surface area contributed by atoms with Crippen molar-refractivity contribution in [3.05, 3.63) is 64.2 Å². The summed E-state index contributed by atoms with van der Waals surface area (Å²) in [5, 5.41) is 9.78. The third kappa shape index (κ3) is 3.79. The van der Waals surface area contributed by atoms with Crippen LogP contribution in [0.5, 0.6) is 5.75 Å². The summed E-state index contributed by atoms with van der Waals surface area (Å²) in [6.45, 7) is 6.87. The van der Waals surface area contributed by atoms with Crippen LogP contribution in [-0.2, 0) is 10.0 Å². The number of aryl methyl sites for hydroxylation is 2. The Morgan fingerprint density at radius 3 is 2.39 bits per heavy atom. The molecule has 122 valence electrons. The molecule has 1 aromatic heterocycles. The van der Waals surface area contributed by atoms with E-state index >= 15 is 0 Å². The molecule has 2 rings (SSSR count). The van der Waals surface area contributed by atoms with Gasteiger partial charge in [-0.2, -0.15) is 0 Å². The Bertz CT molecular complexity index is 898. The van der Waals surface area contributed by atoms with Crippen molar-refractivity contribution in [3.8, 4) is 5.75 Å². The maximum atomic E-state index is 12.1. The Labute approximate surface area is 133 Å². The molecule has 0 aliphatic heterocycles. The van der Waals surface area contributed by atoms with Gasteiger partial charge in [0.15, 0.2) is 0 Å². The first-order chi connectivity index (χ1) is 10.7. The predicted molar refractivity (Wildman–Crippen MR) is 85.1 cm³/mol. The third-order valence-corrected chi connectivity index (χ3v) is 4.29. The topological polar surface area (TPSA) is 109 Å². The summed E-state index contributed by atoms with van der Waals surface area (Å²) in [6, 6.07) is 7.44. The van der Waals surface area contributed by atoms with Gasteiger partial charge in [-0.05, 0) is 26.0 Å². The van der Waals surface area contributed by atoms with Gasteiger partial charge in [0.2, 0.25) is 0 Å². The molecule has 2 aromatic rings. The average Bonchev–Trinajstić information content (AvgIpc) is 2.44. The smallest absolute Gasteiger partial charge is 0.349 e. The number of hydrogen-bond acceptors (Lipinski definition) is 6. The van der Waals surface area contributed by atoms with Crippen LogP contribution in [0.2, 0.25) is 0 Å². The highest BCUT2D eigenvalue weighted by Gasteiger charge is 2.17. The molecule has 0 unspecified atom stereocenters. The first kappa shape index (κ1) is 16.8. The molecule has 0 atom stereocenters. The zero-order valence-corrected chi connectivity index (χ0v) is 13.4. The second kappa shape index (κ2) is 6.27. The lowest BCUT2D eigenvalue weighted by atomic mass is 10.2. The Morgan fingerprint density at radius 2 is 1.83 bits per heavy atom. The molecule has 0 saturated heterocycles. The zero-order chi connectivity index (χ0) is 17.2. The van der Waals surface area contributed by atoms with E-state index in [-0.39, 0.29) is 27.7 Å². The molecule has 23 heavy (non-hydrogen) atoms. The summed E-state index contributed by atoms with van der Waals surface area (Å²) < 4.78 is 29.1. The minimum absolute atomic E-state index is 0.0450. The van der Waals surface area contributed by atoms with Crippen molar-refractivity contribution in [1.29, 1.82) is 0 Å². The van der Waals surface area contributed by atoms with Crippen LogP contribution < -0.4 is 15.9 Å². The fourth-order valence-corrected chi connectivity index (χ4v) is 2.71. The molecule has 1 aromatic carbocycles. The van der Waals surface area contributed by atoms with Gasteiger partial charge in [0.05, 0.1) is 10.6 Å². The summed E-state index contributed by atoms with van der Waals surface area (Å²) in [7, 11) is -3.85. The van der Waals surface area contributed by atoms with Crippen molar-refractivity contribution >= 4 is 15.7 Å². The lowest BCUT2D eigenvalue weighted by Gasteiger charge is -2.12. The van der Waals surface area contributed by atoms with E-state index in [1.807, 2.05) is 6.92 Å². The van der Waals surface area contributed by atoms with E-state index in [0.717, 1.165) is 5.56 Å². The minimum atomic E-state index is -3.85. The van der Waals surface area contributed by atoms with Crippen molar-refractivity contribution in [2.24, 2.45) is 0 Å². The van der Waals surface area contributed by atoms with Crippen molar-refractivity contribution in [3.63, 3.8) is 0 Å². The van der Waals surface area contributed by atoms with Crippen molar-refractivity contribution in [2.75, 3.05) is 0 Å². The van der Waals surface area contributed by atoms with E-state index in [0.29, 0.717) is 0 Å². The Hall–Kier alpha value is -2.58. The van der Waals surface area contributed by atoms with Gasteiger partial charge in [0, 0.05) is 6.07 Å². The van der Waals surface area contributed by atoms with Gasteiger partial charge in [-0.1, -0.05) is 24.3 Å². The molecule has 0 amide bonds. The van der Waals surface area contributed by atoms with Crippen molar-refractivity contribution in [2.45, 2.75) is 18.7 Å². The fraction of sp³-hybridized carbons (Fsp3) is 0.133. The highest BCUT2D eigenvalue weighted by molar-refractivity contribution is 7.89. The Kier molecular flexibility index (Phi) is 4.57. The molecular weight excluding hydrogens is 320 g/mol. The summed E-state index contributed by atoms with van der Waals surface area (Å²) in [5.74, 6) is -0.130. The minimum Gasteiger partial charge on any atom is -0.507 e. The van der Waals surface area contributed by atoms with Gasteiger partial charge in [-0.25, -0.2) is 13.2 Å². The molecule has 3 N–H and O–H groups in total. The standard InChI is InChI=1S/C15H16N2O5S/c1-9-4-6-12(7-5-9)23(20,21)17-16-11(3)14-13(18)8-10(2)22-15(14)19/h4-8,16-18H,3H2,1-2H3. The number of benzene rings is 1. The number of aromatic hydroxyl groups is 1. The molecule has 0 fully saturated rings. The van der Waals surface area contributed by atoms with Crippen LogP contribution in [0.25, 0.3) is 5.70 Å². The summed E-state index contributed by atoms with van der Waals surface area (Å²) in [4.78, 5) is 13.9. The maximum Gasteiger partial charge on any atom is 0.349 e. The van der Waals surface area contributed by atoms with Gasteiger partial charge in [-0.3, -0.25) is 0 Å². The van der Waals surface area contributed by atoms with E-state index in [2.05, 4.69) is 16.8 Å². The molecule has 0 saturated carbocycles. The lowest BCUT2D eigenvalue weighted by molar-refractivity contribution is 0.430. The van der Waals surface area contributed by atoms with E-state index in [1.54, 1.807) is 12.1 Å². The number of sulfonamides is 1. The van der Waals surface area contributed by atoms with Gasteiger partial charge in [0.1, 0.15) is 17.1 Å². The third-order valence-electron chi connectivity index (χ3n) is 3.02. The molecule has 0 bridgehead atoms. The predicted octanol–water partition coefficient (Wildman–Crippen LogP) is 1.42. The molecule has 8 heteroatoms. The van der Waals surface area contributed by atoms with Crippen LogP contribution in [0, 0.1) is 13.8 Å². The molecule has 0 radical (unpaired) electrons. The van der Waals surface area contributed by atoms with Crippen LogP contribution in [0.15, 0.2) is 51.0 Å². The van der Waals surface area contributed by atoms with Crippen LogP contribution in [0.3, 0.4) is 0 Å². The van der Waals surface area contributed by atoms with E-state index in [4.69, 9.17) is 4.42 Å². The normalized spacial score (nSPS) is 11.2. The summed E-state index contributed by atoms with van der Waals surface area (Å²) in [6.07, 6.45) is 0. The number of hydrogen-bond donors (Lipinski definition) is 3. The van der Waals surface area contributed by atoms with E-state index in [9.17, 15) is 18.3 Å². The van der Waals surface area contributed by atoms with Crippen LogP contribution >= 0.6 is 0 Å². The number of hydrazine groups is 1. The first-order valence-corrected chi connectivity index (χ1v) is 8.06. The highest BCUT2D eigenvalue weighted by atomic mass is 32.2. The highest BCUT2D eigenvalue weighted by Crippen LogP contribution is 2.19. The second-order valence-electron chi connectivity index (χ2n) is 4.93. The Balaban J connectivity index is 2.19. The first-order valence-electron chi connectivity index (χ1n) is 6.58. The lowest BCUT2D eigenvalue weighted by Crippen LogP contribution is -2.36. The second-order valence-corrected chi connectivity index (χ2v) is 6.61. The number of rotatable bonds is 5. The molecule has 7 nitrogen and oxygen atoms in total. The van der Waals surface area contributed by atoms with E-state index < -0.39 is 15.6 Å². The SMILES string of the molecule is C=C(NNS(=O)(=O)c1ccc(C)cc1)c1c(O)cc(C)oc1=O.